The lowest BCUT2D eigenvalue weighted by Gasteiger charge is -2.13. The second-order valence-electron chi connectivity index (χ2n) is 4.17. The number of ether oxygens (including phenoxy) is 1. The quantitative estimate of drug-likeness (QED) is 0.893. The minimum absolute atomic E-state index is 0.00518. The van der Waals surface area contributed by atoms with Gasteiger partial charge >= 0.3 is 0 Å². The second kappa shape index (κ2) is 6.02. The number of nitrogens with one attached hydrogen (secondary N) is 1. The number of hydrogen-bond donors (Lipinski definition) is 2. The Bertz CT molecular complexity index is 456. The third-order valence-electron chi connectivity index (χ3n) is 2.85. The highest BCUT2D eigenvalue weighted by Gasteiger charge is 2.30. The van der Waals surface area contributed by atoms with Gasteiger partial charge in [0.25, 0.3) is 5.91 Å². The van der Waals surface area contributed by atoms with E-state index in [1.807, 2.05) is 0 Å². The molecular weight excluding hydrogens is 320 g/mol. The highest BCUT2D eigenvalue weighted by Crippen LogP contribution is 2.27. The lowest BCUT2D eigenvalue weighted by atomic mass is 10.2. The molecule has 2 atom stereocenters. The van der Waals surface area contributed by atoms with Crippen LogP contribution in [0.2, 0.25) is 5.02 Å². The first-order valence-corrected chi connectivity index (χ1v) is 6.88. The molecule has 0 saturated carbocycles. The summed E-state index contributed by atoms with van der Waals surface area (Å²) in [4.78, 5) is 12.0. The minimum Gasteiger partial charge on any atom is -0.364 e. The number of carbonyl (C=O) groups is 1. The van der Waals surface area contributed by atoms with Gasteiger partial charge in [0.1, 0.15) is 6.10 Å². The number of carbonyl (C=O) groups excluding carboxylic acids is 1. The van der Waals surface area contributed by atoms with Crippen LogP contribution >= 0.6 is 27.5 Å². The number of halogens is 2. The van der Waals surface area contributed by atoms with E-state index < -0.39 is 6.10 Å². The van der Waals surface area contributed by atoms with Gasteiger partial charge in [-0.15, -0.1) is 0 Å². The Kier molecular flexibility index (Phi) is 4.61. The Balaban J connectivity index is 1.99. The van der Waals surface area contributed by atoms with Crippen LogP contribution in [-0.4, -0.2) is 24.7 Å². The molecule has 0 aliphatic carbocycles. The van der Waals surface area contributed by atoms with E-state index in [9.17, 15) is 4.79 Å². The first kappa shape index (κ1) is 13.8. The maximum Gasteiger partial charge on any atom is 0.253 e. The van der Waals surface area contributed by atoms with Crippen molar-refractivity contribution in [2.24, 2.45) is 5.73 Å². The van der Waals surface area contributed by atoms with Crippen molar-refractivity contribution >= 4 is 39.1 Å². The van der Waals surface area contributed by atoms with Crippen molar-refractivity contribution < 1.29 is 9.53 Å². The first-order chi connectivity index (χ1) is 8.60. The van der Waals surface area contributed by atoms with Gasteiger partial charge in [-0.05, 0) is 47.0 Å². The molecule has 6 heteroatoms. The molecule has 98 valence electrons. The van der Waals surface area contributed by atoms with Crippen LogP contribution < -0.4 is 11.1 Å². The first-order valence-electron chi connectivity index (χ1n) is 5.71. The van der Waals surface area contributed by atoms with Crippen LogP contribution in [0.4, 0.5) is 5.69 Å². The van der Waals surface area contributed by atoms with Crippen molar-refractivity contribution in [1.82, 2.24) is 0 Å². The maximum absolute atomic E-state index is 12.0. The molecule has 4 nitrogen and oxygen atoms in total. The SMILES string of the molecule is NCC1CCC(C(=O)Nc2ccc(Cl)cc2Br)O1. The van der Waals surface area contributed by atoms with E-state index in [1.165, 1.54) is 0 Å². The van der Waals surface area contributed by atoms with E-state index in [0.717, 1.165) is 10.9 Å². The van der Waals surface area contributed by atoms with Gasteiger partial charge in [-0.3, -0.25) is 4.79 Å². The van der Waals surface area contributed by atoms with Crippen molar-refractivity contribution in [3.8, 4) is 0 Å². The van der Waals surface area contributed by atoms with Crippen molar-refractivity contribution in [1.29, 1.82) is 0 Å². The number of hydrogen-bond acceptors (Lipinski definition) is 3. The van der Waals surface area contributed by atoms with Crippen molar-refractivity contribution in [2.75, 3.05) is 11.9 Å². The molecule has 1 aromatic rings. The van der Waals surface area contributed by atoms with E-state index >= 15 is 0 Å². The molecule has 18 heavy (non-hydrogen) atoms. The molecule has 1 fully saturated rings. The summed E-state index contributed by atoms with van der Waals surface area (Å²) in [6.07, 6.45) is 1.12. The molecule has 0 aromatic heterocycles. The zero-order chi connectivity index (χ0) is 13.1. The molecule has 1 aromatic carbocycles. The Labute approximate surface area is 119 Å². The van der Waals surface area contributed by atoms with Gasteiger partial charge in [0.05, 0.1) is 11.8 Å². The zero-order valence-electron chi connectivity index (χ0n) is 9.66. The third-order valence-corrected chi connectivity index (χ3v) is 3.74. The van der Waals surface area contributed by atoms with Crippen LogP contribution in [0.3, 0.4) is 0 Å². The van der Waals surface area contributed by atoms with Gasteiger partial charge in [0, 0.05) is 16.0 Å². The molecule has 1 amide bonds. The van der Waals surface area contributed by atoms with Crippen molar-refractivity contribution in [3.05, 3.63) is 27.7 Å². The molecule has 3 N–H and O–H groups in total. The van der Waals surface area contributed by atoms with Gasteiger partial charge < -0.3 is 15.8 Å². The number of benzene rings is 1. The van der Waals surface area contributed by atoms with E-state index in [2.05, 4.69) is 21.2 Å². The number of amides is 1. The summed E-state index contributed by atoms with van der Waals surface area (Å²) in [7, 11) is 0. The third kappa shape index (κ3) is 3.23. The summed E-state index contributed by atoms with van der Waals surface area (Å²) in [5.74, 6) is -0.144. The molecule has 2 rings (SSSR count). The van der Waals surface area contributed by atoms with Crippen LogP contribution in [0, 0.1) is 0 Å². The normalized spacial score (nSPS) is 23.1. The maximum atomic E-state index is 12.0. The number of rotatable bonds is 3. The molecular formula is C12H14BrClN2O2. The molecule has 1 heterocycles. The fourth-order valence-corrected chi connectivity index (χ4v) is 2.66. The van der Waals surface area contributed by atoms with Crippen LogP contribution in [0.5, 0.6) is 0 Å². The topological polar surface area (TPSA) is 64.4 Å². The smallest absolute Gasteiger partial charge is 0.253 e. The average molecular weight is 334 g/mol. The van der Waals surface area contributed by atoms with Crippen LogP contribution in [-0.2, 0) is 9.53 Å². The van der Waals surface area contributed by atoms with Crippen LogP contribution in [0.25, 0.3) is 0 Å². The largest absolute Gasteiger partial charge is 0.364 e. The van der Waals surface area contributed by atoms with Crippen LogP contribution in [0.1, 0.15) is 12.8 Å². The summed E-state index contributed by atoms with van der Waals surface area (Å²) < 4.78 is 6.28. The summed E-state index contributed by atoms with van der Waals surface area (Å²) >= 11 is 9.19. The average Bonchev–Trinajstić information content (AvgIpc) is 2.81. The molecule has 0 spiro atoms. The Morgan fingerprint density at radius 2 is 2.33 bits per heavy atom. The van der Waals surface area contributed by atoms with Gasteiger partial charge in [-0.2, -0.15) is 0 Å². The molecule has 1 aliphatic rings. The van der Waals surface area contributed by atoms with Gasteiger partial charge in [0.15, 0.2) is 0 Å². The second-order valence-corrected chi connectivity index (χ2v) is 5.46. The highest BCUT2D eigenvalue weighted by atomic mass is 79.9. The predicted molar refractivity (Wildman–Crippen MR) is 74.7 cm³/mol. The molecule has 1 saturated heterocycles. The fraction of sp³-hybridized carbons (Fsp3) is 0.417. The highest BCUT2D eigenvalue weighted by molar-refractivity contribution is 9.10. The van der Waals surface area contributed by atoms with Gasteiger partial charge in [-0.1, -0.05) is 11.6 Å². The summed E-state index contributed by atoms with van der Waals surface area (Å²) in [5.41, 5.74) is 6.20. The fourth-order valence-electron chi connectivity index (χ4n) is 1.88. The lowest BCUT2D eigenvalue weighted by molar-refractivity contribution is -0.126. The van der Waals surface area contributed by atoms with E-state index in [0.29, 0.717) is 23.7 Å². The molecule has 0 bridgehead atoms. The van der Waals surface area contributed by atoms with Gasteiger partial charge in [-0.25, -0.2) is 0 Å². The summed E-state index contributed by atoms with van der Waals surface area (Å²) in [5, 5.41) is 3.43. The molecule has 1 aliphatic heterocycles. The monoisotopic (exact) mass is 332 g/mol. The number of anilines is 1. The van der Waals surface area contributed by atoms with Crippen molar-refractivity contribution in [2.45, 2.75) is 25.0 Å². The van der Waals surface area contributed by atoms with Crippen LogP contribution in [0.15, 0.2) is 22.7 Å². The van der Waals surface area contributed by atoms with Gasteiger partial charge in [0.2, 0.25) is 0 Å². The Hall–Kier alpha value is -0.620. The van der Waals surface area contributed by atoms with E-state index in [4.69, 9.17) is 22.1 Å². The van der Waals surface area contributed by atoms with E-state index in [-0.39, 0.29) is 12.0 Å². The summed E-state index contributed by atoms with van der Waals surface area (Å²) in [6, 6.07) is 5.20. The predicted octanol–water partition coefficient (Wildman–Crippen LogP) is 2.55. The molecule has 2 unspecified atom stereocenters. The van der Waals surface area contributed by atoms with Crippen molar-refractivity contribution in [3.63, 3.8) is 0 Å². The van der Waals surface area contributed by atoms with E-state index in [1.54, 1.807) is 18.2 Å². The minimum atomic E-state index is -0.416. The summed E-state index contributed by atoms with van der Waals surface area (Å²) in [6.45, 7) is 0.453. The lowest BCUT2D eigenvalue weighted by Crippen LogP contribution is -2.29. The molecule has 0 radical (unpaired) electrons. The number of nitrogens with two attached hydrogens (primary N) is 1. The zero-order valence-corrected chi connectivity index (χ0v) is 12.0. The Morgan fingerprint density at radius 3 is 2.94 bits per heavy atom. The standard InChI is InChI=1S/C12H14BrClN2O2/c13-9-5-7(14)1-3-10(9)16-12(17)11-4-2-8(6-15)18-11/h1,3,5,8,11H,2,4,6,15H2,(H,16,17). The Morgan fingerprint density at radius 1 is 1.56 bits per heavy atom.